The van der Waals surface area contributed by atoms with Crippen molar-refractivity contribution >= 4 is 29.9 Å². The van der Waals surface area contributed by atoms with Gasteiger partial charge in [-0.05, 0) is 55.1 Å². The molecule has 1 aliphatic rings. The van der Waals surface area contributed by atoms with Crippen LogP contribution >= 0.6 is 0 Å². The Kier molecular flexibility index (Phi) is 6.97. The van der Waals surface area contributed by atoms with Gasteiger partial charge in [-0.1, -0.05) is 18.6 Å². The number of nitrogens with one attached hydrogen (secondary N) is 1. The van der Waals surface area contributed by atoms with Crippen LogP contribution in [-0.4, -0.2) is 47.7 Å². The van der Waals surface area contributed by atoms with E-state index >= 15 is 0 Å². The van der Waals surface area contributed by atoms with E-state index < -0.39 is 0 Å². The standard InChI is InChI=1S/C24H23N5O2/c1-5-18-8-7-9-22(10-18)31-24(25-4)27-12-17(3)19-11-20(14-26-13-19)28-21-15-29(16-21)23(30)6-2/h1,6-14,21,28H,2,4,15-16H2,3H3/b17-12+,27-24?. The Morgan fingerprint density at radius 2 is 2.19 bits per heavy atom. The minimum Gasteiger partial charge on any atom is -0.424 e. The Balaban J connectivity index is 1.65. The van der Waals surface area contributed by atoms with Crippen LogP contribution in [0.3, 0.4) is 0 Å². The Morgan fingerprint density at radius 3 is 2.90 bits per heavy atom. The van der Waals surface area contributed by atoms with Gasteiger partial charge in [0.1, 0.15) is 5.75 Å². The van der Waals surface area contributed by atoms with Crippen molar-refractivity contribution in [3.05, 3.63) is 72.7 Å². The zero-order valence-corrected chi connectivity index (χ0v) is 17.3. The molecule has 1 aromatic heterocycles. The molecule has 156 valence electrons. The second kappa shape index (κ2) is 10.0. The summed E-state index contributed by atoms with van der Waals surface area (Å²) >= 11 is 0. The van der Waals surface area contributed by atoms with Crippen molar-refractivity contribution in [2.75, 3.05) is 18.4 Å². The summed E-state index contributed by atoms with van der Waals surface area (Å²) < 4.78 is 5.64. The summed E-state index contributed by atoms with van der Waals surface area (Å²) in [5.74, 6) is 3.03. The van der Waals surface area contributed by atoms with Gasteiger partial charge in [0.15, 0.2) is 0 Å². The molecule has 1 fully saturated rings. The number of anilines is 1. The molecule has 31 heavy (non-hydrogen) atoms. The van der Waals surface area contributed by atoms with Crippen LogP contribution in [0.4, 0.5) is 5.69 Å². The number of allylic oxidation sites excluding steroid dienone is 1. The summed E-state index contributed by atoms with van der Waals surface area (Å²) in [6.07, 6.45) is 11.9. The number of hydrogen-bond acceptors (Lipinski definition) is 5. The van der Waals surface area contributed by atoms with Crippen LogP contribution in [-0.2, 0) is 4.79 Å². The van der Waals surface area contributed by atoms with Gasteiger partial charge in [0.2, 0.25) is 5.91 Å². The van der Waals surface area contributed by atoms with Crippen LogP contribution in [0.2, 0.25) is 0 Å². The van der Waals surface area contributed by atoms with Crippen molar-refractivity contribution in [3.8, 4) is 18.1 Å². The Bertz CT molecular complexity index is 1090. The maximum Gasteiger partial charge on any atom is 0.321 e. The predicted molar refractivity (Wildman–Crippen MR) is 124 cm³/mol. The molecule has 3 rings (SSSR count). The highest BCUT2D eigenvalue weighted by molar-refractivity contribution is 5.88. The summed E-state index contributed by atoms with van der Waals surface area (Å²) in [6.45, 7) is 10.2. The van der Waals surface area contributed by atoms with Gasteiger partial charge in [-0.25, -0.2) is 9.98 Å². The first-order chi connectivity index (χ1) is 15.0. The zero-order chi connectivity index (χ0) is 22.2. The number of amides is 1. The number of aromatic nitrogens is 1. The second-order valence-electron chi connectivity index (χ2n) is 6.91. The molecule has 7 nitrogen and oxygen atoms in total. The molecule has 0 aliphatic carbocycles. The van der Waals surface area contributed by atoms with Crippen molar-refractivity contribution in [2.24, 2.45) is 9.98 Å². The topological polar surface area (TPSA) is 79.2 Å². The van der Waals surface area contributed by atoms with Crippen LogP contribution in [0, 0.1) is 12.3 Å². The predicted octanol–water partition coefficient (Wildman–Crippen LogP) is 3.37. The quantitative estimate of drug-likeness (QED) is 0.341. The van der Waals surface area contributed by atoms with Gasteiger partial charge in [-0.2, -0.15) is 0 Å². The number of benzene rings is 1. The van der Waals surface area contributed by atoms with E-state index in [-0.39, 0.29) is 18.0 Å². The number of carbonyl (C=O) groups excluding carboxylic acids is 1. The van der Waals surface area contributed by atoms with Gasteiger partial charge in [0.25, 0.3) is 0 Å². The number of aliphatic imine (C=N–C) groups is 2. The molecular formula is C24H23N5O2. The largest absolute Gasteiger partial charge is 0.424 e. The maximum absolute atomic E-state index is 11.6. The first kappa shape index (κ1) is 21.5. The van der Waals surface area contributed by atoms with Crippen molar-refractivity contribution in [2.45, 2.75) is 13.0 Å². The third kappa shape index (κ3) is 5.67. The minimum absolute atomic E-state index is 0.0542. The van der Waals surface area contributed by atoms with E-state index in [1.807, 2.05) is 19.1 Å². The summed E-state index contributed by atoms with van der Waals surface area (Å²) in [7, 11) is 0. The van der Waals surface area contributed by atoms with Gasteiger partial charge in [-0.3, -0.25) is 9.78 Å². The smallest absolute Gasteiger partial charge is 0.321 e. The third-order valence-corrected chi connectivity index (χ3v) is 4.65. The molecule has 0 spiro atoms. The first-order valence-corrected chi connectivity index (χ1v) is 9.61. The van der Waals surface area contributed by atoms with Crippen LogP contribution in [0.15, 0.2) is 71.6 Å². The minimum atomic E-state index is -0.0542. The van der Waals surface area contributed by atoms with Crippen LogP contribution in [0.5, 0.6) is 5.75 Å². The summed E-state index contributed by atoms with van der Waals surface area (Å²) in [4.78, 5) is 25.7. The molecule has 0 atom stereocenters. The van der Waals surface area contributed by atoms with Crippen molar-refractivity contribution in [1.29, 1.82) is 0 Å². The number of terminal acetylenes is 1. The van der Waals surface area contributed by atoms with Crippen molar-refractivity contribution in [1.82, 2.24) is 9.88 Å². The number of rotatable bonds is 6. The van der Waals surface area contributed by atoms with Crippen LogP contribution < -0.4 is 10.1 Å². The molecule has 1 saturated heterocycles. The van der Waals surface area contributed by atoms with E-state index in [1.165, 1.54) is 6.08 Å². The van der Waals surface area contributed by atoms with E-state index in [9.17, 15) is 4.79 Å². The van der Waals surface area contributed by atoms with Crippen molar-refractivity contribution in [3.63, 3.8) is 0 Å². The summed E-state index contributed by atoms with van der Waals surface area (Å²) in [5, 5.41) is 3.38. The molecule has 1 N–H and O–H groups in total. The second-order valence-corrected chi connectivity index (χ2v) is 6.91. The highest BCUT2D eigenvalue weighted by Crippen LogP contribution is 2.20. The number of carbonyl (C=O) groups is 1. The van der Waals surface area contributed by atoms with E-state index in [4.69, 9.17) is 11.2 Å². The van der Waals surface area contributed by atoms with Crippen LogP contribution in [0.25, 0.3) is 5.57 Å². The fourth-order valence-corrected chi connectivity index (χ4v) is 2.93. The lowest BCUT2D eigenvalue weighted by Gasteiger charge is -2.39. The fourth-order valence-electron chi connectivity index (χ4n) is 2.93. The van der Waals surface area contributed by atoms with Gasteiger partial charge < -0.3 is 15.0 Å². The first-order valence-electron chi connectivity index (χ1n) is 9.61. The highest BCUT2D eigenvalue weighted by Gasteiger charge is 2.29. The maximum atomic E-state index is 11.6. The Morgan fingerprint density at radius 1 is 1.39 bits per heavy atom. The molecule has 7 heteroatoms. The molecule has 2 heterocycles. The number of hydrogen-bond donors (Lipinski definition) is 1. The number of ether oxygens (including phenoxy) is 1. The Hall–Kier alpha value is -4.18. The average molecular weight is 413 g/mol. The normalized spacial score (nSPS) is 14.3. The molecule has 0 bridgehead atoms. The fraction of sp³-hybridized carbons (Fsp3) is 0.167. The molecule has 0 radical (unpaired) electrons. The molecule has 0 unspecified atom stereocenters. The van der Waals surface area contributed by atoms with Gasteiger partial charge in [-0.15, -0.1) is 6.42 Å². The van der Waals surface area contributed by atoms with E-state index in [0.717, 1.165) is 16.8 Å². The molecule has 1 aromatic carbocycles. The van der Waals surface area contributed by atoms with Crippen molar-refractivity contribution < 1.29 is 9.53 Å². The zero-order valence-electron chi connectivity index (χ0n) is 17.3. The van der Waals surface area contributed by atoms with Gasteiger partial charge in [0.05, 0.1) is 11.7 Å². The van der Waals surface area contributed by atoms with E-state index in [2.05, 4.69) is 39.5 Å². The van der Waals surface area contributed by atoms with Gasteiger partial charge in [0, 0.05) is 37.2 Å². The Labute approximate surface area is 181 Å². The molecule has 0 saturated carbocycles. The molecular weight excluding hydrogens is 390 g/mol. The number of pyridine rings is 1. The van der Waals surface area contributed by atoms with Gasteiger partial charge >= 0.3 is 6.02 Å². The van der Waals surface area contributed by atoms with E-state index in [1.54, 1.807) is 41.7 Å². The molecule has 1 amide bonds. The number of likely N-dealkylation sites (tertiary alicyclic amines) is 1. The number of nitrogens with zero attached hydrogens (tertiary/aromatic N) is 4. The van der Waals surface area contributed by atoms with E-state index in [0.29, 0.717) is 24.4 Å². The SMILES string of the molecule is C#Cc1cccc(OC(N=C)=N/C=C(\C)c2cncc(NC3CN(C(=O)C=C)C3)c2)c1. The third-order valence-electron chi connectivity index (χ3n) is 4.65. The number of amidine groups is 1. The van der Waals surface area contributed by atoms with Crippen LogP contribution in [0.1, 0.15) is 18.1 Å². The lowest BCUT2D eigenvalue weighted by atomic mass is 10.1. The summed E-state index contributed by atoms with van der Waals surface area (Å²) in [5.41, 5.74) is 3.33. The molecule has 1 aliphatic heterocycles. The lowest BCUT2D eigenvalue weighted by molar-refractivity contribution is -0.129. The molecule has 2 aromatic rings. The highest BCUT2D eigenvalue weighted by atomic mass is 16.5. The summed E-state index contributed by atoms with van der Waals surface area (Å²) in [6, 6.07) is 9.36. The average Bonchev–Trinajstić information content (AvgIpc) is 2.78. The monoisotopic (exact) mass is 413 g/mol. The lowest BCUT2D eigenvalue weighted by Crippen LogP contribution is -2.56.